The van der Waals surface area contributed by atoms with Crippen LogP contribution in [0.2, 0.25) is 0 Å². The predicted molar refractivity (Wildman–Crippen MR) is 114 cm³/mol. The van der Waals surface area contributed by atoms with Crippen molar-refractivity contribution in [1.82, 2.24) is 4.98 Å². The number of esters is 1. The van der Waals surface area contributed by atoms with Gasteiger partial charge in [0.15, 0.2) is 18.1 Å². The van der Waals surface area contributed by atoms with Crippen molar-refractivity contribution in [2.45, 2.75) is 12.8 Å². The van der Waals surface area contributed by atoms with Gasteiger partial charge in [0.25, 0.3) is 5.91 Å². The van der Waals surface area contributed by atoms with Crippen LogP contribution in [0.3, 0.4) is 0 Å². The number of carbonyl (C=O) groups is 2. The van der Waals surface area contributed by atoms with Gasteiger partial charge in [-0.05, 0) is 23.8 Å². The Hall–Kier alpha value is -3.93. The van der Waals surface area contributed by atoms with Gasteiger partial charge in [0, 0.05) is 17.7 Å². The first-order valence-corrected chi connectivity index (χ1v) is 9.63. The normalized spacial score (nSPS) is 10.7. The van der Waals surface area contributed by atoms with Crippen molar-refractivity contribution in [2.75, 3.05) is 11.9 Å². The number of hydrogen-bond donors (Lipinski definition) is 1. The number of nitrogens with zero attached hydrogens (tertiary/aromatic N) is 1. The SMILES string of the molecule is O=C(COC(=O)CCc1nc2ccccc2o1)Nc1ccccc1-c1ccccc1. The maximum atomic E-state index is 12.3. The Morgan fingerprint density at radius 3 is 2.47 bits per heavy atom. The molecule has 0 saturated carbocycles. The minimum Gasteiger partial charge on any atom is -0.456 e. The van der Waals surface area contributed by atoms with Crippen molar-refractivity contribution in [1.29, 1.82) is 0 Å². The number of amides is 1. The molecule has 1 N–H and O–H groups in total. The molecule has 30 heavy (non-hydrogen) atoms. The summed E-state index contributed by atoms with van der Waals surface area (Å²) in [5, 5.41) is 2.81. The summed E-state index contributed by atoms with van der Waals surface area (Å²) in [4.78, 5) is 28.6. The molecular weight excluding hydrogens is 380 g/mol. The van der Waals surface area contributed by atoms with Gasteiger partial charge in [-0.3, -0.25) is 9.59 Å². The highest BCUT2D eigenvalue weighted by atomic mass is 16.5. The number of para-hydroxylation sites is 3. The number of nitrogens with one attached hydrogen (secondary N) is 1. The molecule has 3 aromatic carbocycles. The zero-order chi connectivity index (χ0) is 20.8. The first-order valence-electron chi connectivity index (χ1n) is 9.63. The average molecular weight is 400 g/mol. The smallest absolute Gasteiger partial charge is 0.306 e. The highest BCUT2D eigenvalue weighted by Gasteiger charge is 2.13. The Morgan fingerprint density at radius 2 is 1.63 bits per heavy atom. The van der Waals surface area contributed by atoms with E-state index in [0.29, 0.717) is 23.6 Å². The highest BCUT2D eigenvalue weighted by Crippen LogP contribution is 2.27. The molecule has 0 fully saturated rings. The van der Waals surface area contributed by atoms with Crippen LogP contribution in [0.5, 0.6) is 0 Å². The lowest BCUT2D eigenvalue weighted by Crippen LogP contribution is -2.21. The highest BCUT2D eigenvalue weighted by molar-refractivity contribution is 5.96. The zero-order valence-electron chi connectivity index (χ0n) is 16.2. The summed E-state index contributed by atoms with van der Waals surface area (Å²) in [7, 11) is 0. The van der Waals surface area contributed by atoms with E-state index in [1.54, 1.807) is 0 Å². The third-order valence-electron chi connectivity index (χ3n) is 4.53. The average Bonchev–Trinajstić information content (AvgIpc) is 3.20. The fourth-order valence-corrected chi connectivity index (χ4v) is 3.10. The maximum Gasteiger partial charge on any atom is 0.306 e. The van der Waals surface area contributed by atoms with Crippen molar-refractivity contribution >= 4 is 28.7 Å². The largest absolute Gasteiger partial charge is 0.456 e. The molecule has 1 heterocycles. The van der Waals surface area contributed by atoms with Crippen molar-refractivity contribution < 1.29 is 18.7 Å². The fourth-order valence-electron chi connectivity index (χ4n) is 3.10. The van der Waals surface area contributed by atoms with Crippen LogP contribution in [0.4, 0.5) is 5.69 Å². The van der Waals surface area contributed by atoms with E-state index in [-0.39, 0.29) is 13.0 Å². The molecule has 1 aromatic heterocycles. The molecule has 4 aromatic rings. The predicted octanol–water partition coefficient (Wildman–Crippen LogP) is 4.61. The van der Waals surface area contributed by atoms with E-state index in [4.69, 9.17) is 9.15 Å². The number of carbonyl (C=O) groups excluding carboxylic acids is 2. The summed E-state index contributed by atoms with van der Waals surface area (Å²) in [6.07, 6.45) is 0.396. The summed E-state index contributed by atoms with van der Waals surface area (Å²) in [6.45, 7) is -0.352. The van der Waals surface area contributed by atoms with E-state index in [2.05, 4.69) is 10.3 Å². The Kier molecular flexibility index (Phi) is 5.85. The summed E-state index contributed by atoms with van der Waals surface area (Å²) in [5.74, 6) is -0.410. The number of aromatic nitrogens is 1. The summed E-state index contributed by atoms with van der Waals surface area (Å²) in [6, 6.07) is 24.6. The molecule has 6 heteroatoms. The van der Waals surface area contributed by atoms with E-state index >= 15 is 0 Å². The first kappa shape index (κ1) is 19.4. The van der Waals surface area contributed by atoms with Crippen LogP contribution < -0.4 is 5.32 Å². The number of rotatable bonds is 7. The number of oxazole rings is 1. The Morgan fingerprint density at radius 1 is 0.900 bits per heavy atom. The Labute approximate surface area is 173 Å². The Balaban J connectivity index is 1.29. The van der Waals surface area contributed by atoms with Crippen LogP contribution in [0.25, 0.3) is 22.2 Å². The zero-order valence-corrected chi connectivity index (χ0v) is 16.2. The lowest BCUT2D eigenvalue weighted by Gasteiger charge is -2.11. The minimum absolute atomic E-state index is 0.0840. The van der Waals surface area contributed by atoms with Gasteiger partial charge >= 0.3 is 5.97 Å². The quantitative estimate of drug-likeness (QED) is 0.458. The van der Waals surface area contributed by atoms with Gasteiger partial charge in [0.05, 0.1) is 6.42 Å². The van der Waals surface area contributed by atoms with Gasteiger partial charge in [0.1, 0.15) is 5.52 Å². The van der Waals surface area contributed by atoms with Gasteiger partial charge in [0.2, 0.25) is 0 Å². The van der Waals surface area contributed by atoms with Gasteiger partial charge in [-0.15, -0.1) is 0 Å². The van der Waals surface area contributed by atoms with Crippen LogP contribution in [-0.4, -0.2) is 23.5 Å². The van der Waals surface area contributed by atoms with Crippen LogP contribution in [0.1, 0.15) is 12.3 Å². The van der Waals surface area contributed by atoms with Crippen molar-refractivity contribution in [3.05, 3.63) is 84.8 Å². The number of fused-ring (bicyclic) bond motifs is 1. The lowest BCUT2D eigenvalue weighted by molar-refractivity contribution is -0.147. The molecule has 0 aliphatic carbocycles. The van der Waals surface area contributed by atoms with Gasteiger partial charge < -0.3 is 14.5 Å². The molecule has 1 amide bonds. The number of benzene rings is 3. The van der Waals surface area contributed by atoms with Gasteiger partial charge in [-0.1, -0.05) is 60.7 Å². The fraction of sp³-hybridized carbons (Fsp3) is 0.125. The number of hydrogen-bond acceptors (Lipinski definition) is 5. The summed E-state index contributed by atoms with van der Waals surface area (Å²) in [5.41, 5.74) is 3.98. The molecule has 0 spiro atoms. The topological polar surface area (TPSA) is 81.4 Å². The van der Waals surface area contributed by atoms with Crippen molar-refractivity contribution in [2.24, 2.45) is 0 Å². The van der Waals surface area contributed by atoms with Crippen LogP contribution in [-0.2, 0) is 20.7 Å². The minimum atomic E-state index is -0.483. The third-order valence-corrected chi connectivity index (χ3v) is 4.53. The summed E-state index contributed by atoms with van der Waals surface area (Å²) < 4.78 is 10.7. The van der Waals surface area contributed by atoms with E-state index in [9.17, 15) is 9.59 Å². The molecule has 0 unspecified atom stereocenters. The molecule has 4 rings (SSSR count). The molecule has 0 atom stereocenters. The molecular formula is C24H20N2O4. The van der Waals surface area contributed by atoms with Gasteiger partial charge in [-0.25, -0.2) is 4.98 Å². The van der Waals surface area contributed by atoms with E-state index in [1.165, 1.54) is 0 Å². The molecule has 0 aliphatic rings. The third kappa shape index (κ3) is 4.72. The van der Waals surface area contributed by atoms with Gasteiger partial charge in [-0.2, -0.15) is 0 Å². The second kappa shape index (κ2) is 9.05. The first-order chi connectivity index (χ1) is 14.7. The van der Waals surface area contributed by atoms with Crippen molar-refractivity contribution in [3.8, 4) is 11.1 Å². The summed E-state index contributed by atoms with van der Waals surface area (Å²) >= 11 is 0. The molecule has 0 bridgehead atoms. The lowest BCUT2D eigenvalue weighted by atomic mass is 10.0. The molecule has 0 saturated heterocycles. The maximum absolute atomic E-state index is 12.3. The standard InChI is InChI=1S/C24H20N2O4/c27-22(25-19-11-5-4-10-18(19)17-8-2-1-3-9-17)16-29-24(28)15-14-23-26-20-12-6-7-13-21(20)30-23/h1-13H,14-16H2,(H,25,27). The second-order valence-electron chi connectivity index (χ2n) is 6.70. The van der Waals surface area contributed by atoms with E-state index in [1.807, 2.05) is 78.9 Å². The van der Waals surface area contributed by atoms with E-state index in [0.717, 1.165) is 16.6 Å². The van der Waals surface area contributed by atoms with Crippen LogP contribution in [0.15, 0.2) is 83.3 Å². The second-order valence-corrected chi connectivity index (χ2v) is 6.70. The Bertz CT molecular complexity index is 1140. The monoisotopic (exact) mass is 400 g/mol. The molecule has 0 radical (unpaired) electrons. The van der Waals surface area contributed by atoms with Crippen LogP contribution >= 0.6 is 0 Å². The van der Waals surface area contributed by atoms with Crippen molar-refractivity contribution in [3.63, 3.8) is 0 Å². The molecule has 6 nitrogen and oxygen atoms in total. The van der Waals surface area contributed by atoms with E-state index < -0.39 is 11.9 Å². The number of anilines is 1. The molecule has 0 aliphatic heterocycles. The van der Waals surface area contributed by atoms with Crippen LogP contribution in [0, 0.1) is 0 Å². The molecule has 150 valence electrons. The number of aryl methyl sites for hydroxylation is 1. The number of ether oxygens (including phenoxy) is 1.